The van der Waals surface area contributed by atoms with Crippen LogP contribution < -0.4 is 14.8 Å². The van der Waals surface area contributed by atoms with Crippen molar-refractivity contribution in [2.45, 2.75) is 12.5 Å². The Labute approximate surface area is 130 Å². The number of carbonyl (C=O) groups is 1. The van der Waals surface area contributed by atoms with Crippen molar-refractivity contribution >= 4 is 6.09 Å². The van der Waals surface area contributed by atoms with E-state index in [4.69, 9.17) is 9.47 Å². The number of hydrogen-bond acceptors (Lipinski definition) is 3. The summed E-state index contributed by atoms with van der Waals surface area (Å²) in [5, 5.41) is 2.85. The minimum atomic E-state index is -0.492. The zero-order valence-corrected chi connectivity index (χ0v) is 12.5. The van der Waals surface area contributed by atoms with E-state index in [1.165, 1.54) is 0 Å². The van der Waals surface area contributed by atoms with Gasteiger partial charge in [0, 0.05) is 0 Å². The number of para-hydroxylation sites is 1. The maximum atomic E-state index is 12.0. The molecule has 4 nitrogen and oxygen atoms in total. The Hall–Kier alpha value is -2.75. The second-order valence-electron chi connectivity index (χ2n) is 4.70. The van der Waals surface area contributed by atoms with E-state index in [2.05, 4.69) is 11.9 Å². The minimum Gasteiger partial charge on any atom is -0.497 e. The predicted octanol–water partition coefficient (Wildman–Crippen LogP) is 4.10. The van der Waals surface area contributed by atoms with Crippen molar-refractivity contribution < 1.29 is 14.3 Å². The molecule has 1 unspecified atom stereocenters. The summed E-state index contributed by atoms with van der Waals surface area (Å²) in [7, 11) is 1.62. The fourth-order valence-electron chi connectivity index (χ4n) is 2.05. The molecule has 0 saturated heterocycles. The summed E-state index contributed by atoms with van der Waals surface area (Å²) in [5.74, 6) is 1.28. The second-order valence-corrected chi connectivity index (χ2v) is 4.70. The van der Waals surface area contributed by atoms with Crippen LogP contribution in [0.25, 0.3) is 0 Å². The SMILES string of the molecule is C=CCC(NC(=O)Oc1ccccc1)c1ccc(OC)cc1. The van der Waals surface area contributed by atoms with Crippen LogP contribution in [0.5, 0.6) is 11.5 Å². The zero-order chi connectivity index (χ0) is 15.8. The normalized spacial score (nSPS) is 11.3. The van der Waals surface area contributed by atoms with E-state index < -0.39 is 6.09 Å². The van der Waals surface area contributed by atoms with Crippen molar-refractivity contribution in [1.82, 2.24) is 5.32 Å². The van der Waals surface area contributed by atoms with Crippen LogP contribution >= 0.6 is 0 Å². The third-order valence-corrected chi connectivity index (χ3v) is 3.17. The van der Waals surface area contributed by atoms with Crippen LogP contribution in [0.15, 0.2) is 67.3 Å². The molecule has 2 aromatic rings. The van der Waals surface area contributed by atoms with E-state index >= 15 is 0 Å². The van der Waals surface area contributed by atoms with E-state index in [0.29, 0.717) is 12.2 Å². The second kappa shape index (κ2) is 7.88. The highest BCUT2D eigenvalue weighted by atomic mass is 16.6. The average Bonchev–Trinajstić information content (AvgIpc) is 2.55. The Balaban J connectivity index is 2.04. The molecular weight excluding hydrogens is 278 g/mol. The van der Waals surface area contributed by atoms with Gasteiger partial charge in [-0.15, -0.1) is 6.58 Å². The van der Waals surface area contributed by atoms with Crippen LogP contribution in [0.4, 0.5) is 4.79 Å². The lowest BCUT2D eigenvalue weighted by atomic mass is 10.0. The molecule has 0 spiro atoms. The van der Waals surface area contributed by atoms with Gasteiger partial charge in [-0.05, 0) is 36.2 Å². The van der Waals surface area contributed by atoms with Crippen molar-refractivity contribution in [3.8, 4) is 11.5 Å². The van der Waals surface area contributed by atoms with Crippen molar-refractivity contribution in [2.24, 2.45) is 0 Å². The van der Waals surface area contributed by atoms with Gasteiger partial charge >= 0.3 is 6.09 Å². The smallest absolute Gasteiger partial charge is 0.413 e. The average molecular weight is 297 g/mol. The molecule has 0 radical (unpaired) electrons. The molecule has 1 N–H and O–H groups in total. The molecule has 4 heteroatoms. The molecule has 1 atom stereocenters. The van der Waals surface area contributed by atoms with Crippen LogP contribution in [-0.4, -0.2) is 13.2 Å². The van der Waals surface area contributed by atoms with Gasteiger partial charge in [-0.2, -0.15) is 0 Å². The van der Waals surface area contributed by atoms with Crippen molar-refractivity contribution in [3.05, 3.63) is 72.8 Å². The monoisotopic (exact) mass is 297 g/mol. The molecule has 2 aromatic carbocycles. The van der Waals surface area contributed by atoms with Gasteiger partial charge in [0.05, 0.1) is 13.2 Å². The van der Waals surface area contributed by atoms with E-state index in [1.54, 1.807) is 25.3 Å². The Morgan fingerprint density at radius 1 is 1.14 bits per heavy atom. The number of carbonyl (C=O) groups excluding carboxylic acids is 1. The maximum absolute atomic E-state index is 12.0. The number of ether oxygens (including phenoxy) is 2. The highest BCUT2D eigenvalue weighted by Crippen LogP contribution is 2.21. The van der Waals surface area contributed by atoms with Crippen LogP contribution in [0, 0.1) is 0 Å². The summed E-state index contributed by atoms with van der Waals surface area (Å²) in [6.07, 6.45) is 1.88. The largest absolute Gasteiger partial charge is 0.497 e. The van der Waals surface area contributed by atoms with Crippen molar-refractivity contribution in [3.63, 3.8) is 0 Å². The first-order valence-electron chi connectivity index (χ1n) is 7.01. The first-order valence-corrected chi connectivity index (χ1v) is 7.01. The molecule has 0 bridgehead atoms. The molecule has 0 fully saturated rings. The molecule has 0 heterocycles. The third kappa shape index (κ3) is 4.38. The molecule has 0 saturated carbocycles. The van der Waals surface area contributed by atoms with Gasteiger partial charge in [0.25, 0.3) is 0 Å². The third-order valence-electron chi connectivity index (χ3n) is 3.17. The Morgan fingerprint density at radius 3 is 2.41 bits per heavy atom. The Kier molecular flexibility index (Phi) is 5.60. The van der Waals surface area contributed by atoms with Gasteiger partial charge in [0.1, 0.15) is 11.5 Å². The summed E-state index contributed by atoms with van der Waals surface area (Å²) >= 11 is 0. The van der Waals surface area contributed by atoms with Crippen molar-refractivity contribution in [1.29, 1.82) is 0 Å². The number of methoxy groups -OCH3 is 1. The lowest BCUT2D eigenvalue weighted by Gasteiger charge is -2.17. The molecule has 22 heavy (non-hydrogen) atoms. The van der Waals surface area contributed by atoms with Gasteiger partial charge in [0.15, 0.2) is 0 Å². The van der Waals surface area contributed by atoms with Gasteiger partial charge in [-0.25, -0.2) is 4.79 Å². The number of hydrogen-bond donors (Lipinski definition) is 1. The number of rotatable bonds is 6. The standard InChI is InChI=1S/C18H19NO3/c1-3-7-17(14-10-12-15(21-2)13-11-14)19-18(20)22-16-8-5-4-6-9-16/h3-6,8-13,17H,1,7H2,2H3,(H,19,20). The van der Waals surface area contributed by atoms with Crippen LogP contribution in [0.2, 0.25) is 0 Å². The maximum Gasteiger partial charge on any atom is 0.413 e. The minimum absolute atomic E-state index is 0.195. The fourth-order valence-corrected chi connectivity index (χ4v) is 2.05. The molecule has 114 valence electrons. The summed E-state index contributed by atoms with van der Waals surface area (Å²) in [4.78, 5) is 12.0. The quantitative estimate of drug-likeness (QED) is 0.817. The van der Waals surface area contributed by atoms with Crippen molar-refractivity contribution in [2.75, 3.05) is 7.11 Å². The van der Waals surface area contributed by atoms with E-state index in [0.717, 1.165) is 11.3 Å². The Bertz CT molecular complexity index is 608. The number of amides is 1. The molecule has 1 amide bonds. The zero-order valence-electron chi connectivity index (χ0n) is 12.5. The summed E-state index contributed by atoms with van der Waals surface area (Å²) in [6, 6.07) is 16.3. The van der Waals surface area contributed by atoms with Crippen LogP contribution in [0.3, 0.4) is 0 Å². The summed E-state index contributed by atoms with van der Waals surface area (Å²) < 4.78 is 10.4. The molecule has 0 aliphatic heterocycles. The van der Waals surface area contributed by atoms with Gasteiger partial charge in [-0.1, -0.05) is 36.4 Å². The highest BCUT2D eigenvalue weighted by molar-refractivity contribution is 5.71. The summed E-state index contributed by atoms with van der Waals surface area (Å²) in [5.41, 5.74) is 0.964. The molecule has 2 rings (SSSR count). The molecular formula is C18H19NO3. The molecule has 0 aliphatic rings. The number of benzene rings is 2. The number of nitrogens with one attached hydrogen (secondary N) is 1. The fraction of sp³-hybridized carbons (Fsp3) is 0.167. The van der Waals surface area contributed by atoms with Gasteiger partial charge in [-0.3, -0.25) is 0 Å². The highest BCUT2D eigenvalue weighted by Gasteiger charge is 2.14. The van der Waals surface area contributed by atoms with E-state index in [1.807, 2.05) is 42.5 Å². The topological polar surface area (TPSA) is 47.6 Å². The molecule has 0 aliphatic carbocycles. The first kappa shape index (κ1) is 15.6. The van der Waals surface area contributed by atoms with Crippen LogP contribution in [-0.2, 0) is 0 Å². The van der Waals surface area contributed by atoms with E-state index in [9.17, 15) is 4.79 Å². The van der Waals surface area contributed by atoms with Gasteiger partial charge < -0.3 is 14.8 Å². The predicted molar refractivity (Wildman–Crippen MR) is 86.2 cm³/mol. The lowest BCUT2D eigenvalue weighted by molar-refractivity contribution is 0.196. The molecule has 0 aromatic heterocycles. The lowest BCUT2D eigenvalue weighted by Crippen LogP contribution is -2.30. The Morgan fingerprint density at radius 2 is 1.82 bits per heavy atom. The van der Waals surface area contributed by atoms with Crippen LogP contribution in [0.1, 0.15) is 18.0 Å². The van der Waals surface area contributed by atoms with E-state index in [-0.39, 0.29) is 6.04 Å². The summed E-state index contributed by atoms with van der Waals surface area (Å²) in [6.45, 7) is 3.73. The first-order chi connectivity index (χ1) is 10.7. The van der Waals surface area contributed by atoms with Gasteiger partial charge in [0.2, 0.25) is 0 Å².